The highest BCUT2D eigenvalue weighted by Crippen LogP contribution is 2.32. The van der Waals surface area contributed by atoms with Crippen LogP contribution in [0.3, 0.4) is 0 Å². The molecule has 2 amide bonds. The number of likely N-dealkylation sites (tertiary alicyclic amines) is 1. The number of benzene rings is 1. The van der Waals surface area contributed by atoms with Crippen LogP contribution in [0.5, 0.6) is 11.5 Å². The molecule has 27 heavy (non-hydrogen) atoms. The third-order valence-corrected chi connectivity index (χ3v) is 4.83. The van der Waals surface area contributed by atoms with Crippen LogP contribution in [0.15, 0.2) is 28.8 Å². The van der Waals surface area contributed by atoms with Crippen LogP contribution in [0.25, 0.3) is 0 Å². The highest BCUT2D eigenvalue weighted by atomic mass is 16.7. The molecule has 0 saturated carbocycles. The molecule has 0 unspecified atom stereocenters. The Morgan fingerprint density at radius 1 is 1.26 bits per heavy atom. The summed E-state index contributed by atoms with van der Waals surface area (Å²) in [5, 5.41) is 6.73. The van der Waals surface area contributed by atoms with Crippen LogP contribution in [-0.4, -0.2) is 41.8 Å². The second-order valence-electron chi connectivity index (χ2n) is 6.82. The quantitative estimate of drug-likeness (QED) is 0.882. The van der Waals surface area contributed by atoms with E-state index in [9.17, 15) is 9.59 Å². The molecule has 1 N–H and O–H groups in total. The van der Waals surface area contributed by atoms with Gasteiger partial charge >= 0.3 is 0 Å². The number of ether oxygens (including phenoxy) is 2. The zero-order valence-electron chi connectivity index (χ0n) is 15.1. The average molecular weight is 371 g/mol. The SMILES string of the molecule is Cc1cc(C(=O)N2CCC[C@@H](C(=O)NCc3ccc4c(c3)OCO4)C2)no1. The van der Waals surface area contributed by atoms with E-state index in [-0.39, 0.29) is 30.2 Å². The second-order valence-corrected chi connectivity index (χ2v) is 6.82. The van der Waals surface area contributed by atoms with Crippen LogP contribution >= 0.6 is 0 Å². The first-order valence-corrected chi connectivity index (χ1v) is 8.99. The molecule has 0 spiro atoms. The average Bonchev–Trinajstić information content (AvgIpc) is 3.34. The molecule has 3 heterocycles. The Bertz CT molecular complexity index is 863. The summed E-state index contributed by atoms with van der Waals surface area (Å²) in [6.07, 6.45) is 1.54. The monoisotopic (exact) mass is 371 g/mol. The number of amides is 2. The van der Waals surface area contributed by atoms with Crippen LogP contribution < -0.4 is 14.8 Å². The molecule has 0 bridgehead atoms. The summed E-state index contributed by atoms with van der Waals surface area (Å²) in [5.74, 6) is 1.52. The third-order valence-electron chi connectivity index (χ3n) is 4.83. The third kappa shape index (κ3) is 3.74. The number of hydrogen-bond donors (Lipinski definition) is 1. The number of carbonyl (C=O) groups is 2. The van der Waals surface area contributed by atoms with E-state index >= 15 is 0 Å². The van der Waals surface area contributed by atoms with E-state index in [1.54, 1.807) is 17.9 Å². The summed E-state index contributed by atoms with van der Waals surface area (Å²) in [4.78, 5) is 26.8. The lowest BCUT2D eigenvalue weighted by molar-refractivity contribution is -0.126. The van der Waals surface area contributed by atoms with Gasteiger partial charge in [0.25, 0.3) is 5.91 Å². The van der Waals surface area contributed by atoms with E-state index < -0.39 is 0 Å². The summed E-state index contributed by atoms with van der Waals surface area (Å²) >= 11 is 0. The van der Waals surface area contributed by atoms with Crippen molar-refractivity contribution in [2.24, 2.45) is 5.92 Å². The lowest BCUT2D eigenvalue weighted by Crippen LogP contribution is -2.45. The predicted molar refractivity (Wildman–Crippen MR) is 94.3 cm³/mol. The topological polar surface area (TPSA) is 93.9 Å². The van der Waals surface area contributed by atoms with Gasteiger partial charge in [-0.2, -0.15) is 0 Å². The molecule has 0 aliphatic carbocycles. The molecular weight excluding hydrogens is 350 g/mol. The predicted octanol–water partition coefficient (Wildman–Crippen LogP) is 1.88. The molecule has 4 rings (SSSR count). The molecule has 8 heteroatoms. The van der Waals surface area contributed by atoms with Crippen LogP contribution in [0.4, 0.5) is 0 Å². The molecule has 1 saturated heterocycles. The molecule has 1 fully saturated rings. The van der Waals surface area contributed by atoms with Crippen molar-refractivity contribution in [3.8, 4) is 11.5 Å². The van der Waals surface area contributed by atoms with Gasteiger partial charge in [-0.25, -0.2) is 0 Å². The van der Waals surface area contributed by atoms with Crippen LogP contribution in [0, 0.1) is 12.8 Å². The fourth-order valence-corrected chi connectivity index (χ4v) is 3.39. The number of fused-ring (bicyclic) bond motifs is 1. The summed E-state index contributed by atoms with van der Waals surface area (Å²) in [7, 11) is 0. The van der Waals surface area contributed by atoms with Gasteiger partial charge in [-0.15, -0.1) is 0 Å². The number of aryl methyl sites for hydroxylation is 1. The van der Waals surface area contributed by atoms with Crippen molar-refractivity contribution >= 4 is 11.8 Å². The van der Waals surface area contributed by atoms with Gasteiger partial charge in [-0.1, -0.05) is 11.2 Å². The second kappa shape index (κ2) is 7.30. The fourth-order valence-electron chi connectivity index (χ4n) is 3.39. The van der Waals surface area contributed by atoms with E-state index in [2.05, 4.69) is 10.5 Å². The van der Waals surface area contributed by atoms with Gasteiger partial charge in [0.1, 0.15) is 5.76 Å². The normalized spacial score (nSPS) is 18.4. The van der Waals surface area contributed by atoms with Gasteiger partial charge in [-0.3, -0.25) is 9.59 Å². The Labute approximate surface area is 156 Å². The minimum atomic E-state index is -0.232. The Hall–Kier alpha value is -3.03. The molecule has 2 aliphatic heterocycles. The van der Waals surface area contributed by atoms with Crippen molar-refractivity contribution in [2.75, 3.05) is 19.9 Å². The van der Waals surface area contributed by atoms with E-state index in [0.29, 0.717) is 31.1 Å². The van der Waals surface area contributed by atoms with E-state index in [4.69, 9.17) is 14.0 Å². The lowest BCUT2D eigenvalue weighted by atomic mass is 9.96. The molecule has 8 nitrogen and oxygen atoms in total. The number of carbonyl (C=O) groups excluding carboxylic acids is 2. The maximum atomic E-state index is 12.6. The first kappa shape index (κ1) is 17.4. The fraction of sp³-hybridized carbons (Fsp3) is 0.421. The molecule has 1 aromatic carbocycles. The van der Waals surface area contributed by atoms with Crippen LogP contribution in [-0.2, 0) is 11.3 Å². The van der Waals surface area contributed by atoms with Crippen molar-refractivity contribution in [3.05, 3.63) is 41.3 Å². The zero-order valence-corrected chi connectivity index (χ0v) is 15.1. The van der Waals surface area contributed by atoms with Gasteiger partial charge in [0, 0.05) is 25.7 Å². The van der Waals surface area contributed by atoms with Crippen molar-refractivity contribution < 1.29 is 23.6 Å². The summed E-state index contributed by atoms with van der Waals surface area (Å²) in [6.45, 7) is 3.38. The van der Waals surface area contributed by atoms with E-state index in [1.807, 2.05) is 18.2 Å². The highest BCUT2D eigenvalue weighted by Gasteiger charge is 2.30. The van der Waals surface area contributed by atoms with Crippen molar-refractivity contribution in [2.45, 2.75) is 26.3 Å². The minimum absolute atomic E-state index is 0.0542. The summed E-state index contributed by atoms with van der Waals surface area (Å²) in [5.41, 5.74) is 1.23. The number of aromatic nitrogens is 1. The molecule has 142 valence electrons. The van der Waals surface area contributed by atoms with E-state index in [1.165, 1.54) is 0 Å². The number of hydrogen-bond acceptors (Lipinski definition) is 6. The molecular formula is C19H21N3O5. The summed E-state index contributed by atoms with van der Waals surface area (Å²) < 4.78 is 15.6. The lowest BCUT2D eigenvalue weighted by Gasteiger charge is -2.31. The van der Waals surface area contributed by atoms with Gasteiger partial charge in [0.05, 0.1) is 5.92 Å². The molecule has 1 aromatic heterocycles. The van der Waals surface area contributed by atoms with Crippen molar-refractivity contribution in [1.29, 1.82) is 0 Å². The summed E-state index contributed by atoms with van der Waals surface area (Å²) in [6, 6.07) is 7.22. The number of nitrogens with one attached hydrogen (secondary N) is 1. The Balaban J connectivity index is 1.34. The standard InChI is InChI=1S/C19H21N3O5/c1-12-7-15(21-27-12)19(24)22-6-2-3-14(10-22)18(23)20-9-13-4-5-16-17(8-13)26-11-25-16/h4-5,7-8,14H,2-3,6,9-11H2,1H3,(H,20,23)/t14-/m1/s1. The zero-order chi connectivity index (χ0) is 18.8. The first-order valence-electron chi connectivity index (χ1n) is 8.99. The first-order chi connectivity index (χ1) is 13.1. The van der Waals surface area contributed by atoms with Crippen LogP contribution in [0.1, 0.15) is 34.7 Å². The molecule has 2 aromatic rings. The van der Waals surface area contributed by atoms with Crippen molar-refractivity contribution in [1.82, 2.24) is 15.4 Å². The number of piperidine rings is 1. The minimum Gasteiger partial charge on any atom is -0.454 e. The maximum absolute atomic E-state index is 12.6. The smallest absolute Gasteiger partial charge is 0.276 e. The highest BCUT2D eigenvalue weighted by molar-refractivity contribution is 5.92. The largest absolute Gasteiger partial charge is 0.454 e. The Morgan fingerprint density at radius 3 is 2.93 bits per heavy atom. The Kier molecular flexibility index (Phi) is 4.70. The number of nitrogens with zero attached hydrogens (tertiary/aromatic N) is 2. The van der Waals surface area contributed by atoms with Gasteiger partial charge in [0.2, 0.25) is 12.7 Å². The molecule has 0 radical (unpaired) electrons. The van der Waals surface area contributed by atoms with E-state index in [0.717, 1.165) is 24.2 Å². The van der Waals surface area contributed by atoms with Crippen LogP contribution in [0.2, 0.25) is 0 Å². The molecule has 2 aliphatic rings. The van der Waals surface area contributed by atoms with Gasteiger partial charge in [0.15, 0.2) is 17.2 Å². The molecule has 1 atom stereocenters. The maximum Gasteiger partial charge on any atom is 0.276 e. The Morgan fingerprint density at radius 2 is 2.11 bits per heavy atom. The number of rotatable bonds is 4. The van der Waals surface area contributed by atoms with Crippen molar-refractivity contribution in [3.63, 3.8) is 0 Å². The van der Waals surface area contributed by atoms with Gasteiger partial charge in [-0.05, 0) is 37.5 Å². The van der Waals surface area contributed by atoms with Gasteiger partial charge < -0.3 is 24.2 Å².